The molecule has 2 amide bonds. The molecule has 0 aliphatic carbocycles. The molecule has 2 aliphatic rings. The maximum Gasteiger partial charge on any atom is 0.265 e. The lowest BCUT2D eigenvalue weighted by Gasteiger charge is -2.32. The average Bonchev–Trinajstić information content (AvgIpc) is 2.76. The standard InChI is InChI=1S/C22H23BrFN3O5S/c1-12-8-18-19(32-13(2)21(28)26-18)10-20(12)33(30,31)27-7-3-4-14(11-27)22(29)25-17-6-5-15(23)9-16(17)24/h5-6,8-10,13-14H,3-4,7,11H2,1-2H3,(H,25,29)(H,26,28). The quantitative estimate of drug-likeness (QED) is 0.616. The van der Waals surface area contributed by atoms with Crippen molar-refractivity contribution < 1.29 is 27.1 Å². The molecule has 33 heavy (non-hydrogen) atoms. The second-order valence-electron chi connectivity index (χ2n) is 8.18. The maximum atomic E-state index is 14.1. The highest BCUT2D eigenvalue weighted by atomic mass is 79.9. The second-order valence-corrected chi connectivity index (χ2v) is 11.0. The van der Waals surface area contributed by atoms with Crippen molar-refractivity contribution in [3.8, 4) is 5.75 Å². The van der Waals surface area contributed by atoms with Crippen molar-refractivity contribution in [2.45, 2.75) is 37.7 Å². The normalized spacial score (nSPS) is 21.0. The Morgan fingerprint density at radius 3 is 2.79 bits per heavy atom. The Morgan fingerprint density at radius 1 is 1.30 bits per heavy atom. The lowest BCUT2D eigenvalue weighted by Crippen LogP contribution is -2.44. The molecule has 1 fully saturated rings. The van der Waals surface area contributed by atoms with Crippen molar-refractivity contribution in [3.63, 3.8) is 0 Å². The highest BCUT2D eigenvalue weighted by Crippen LogP contribution is 2.36. The van der Waals surface area contributed by atoms with Crippen LogP contribution >= 0.6 is 15.9 Å². The Hall–Kier alpha value is -2.50. The van der Waals surface area contributed by atoms with E-state index >= 15 is 0 Å². The van der Waals surface area contributed by atoms with Crippen molar-refractivity contribution in [2.75, 3.05) is 23.7 Å². The first-order valence-corrected chi connectivity index (χ1v) is 12.7. The highest BCUT2D eigenvalue weighted by molar-refractivity contribution is 9.10. The lowest BCUT2D eigenvalue weighted by molar-refractivity contribution is -0.123. The Labute approximate surface area is 199 Å². The summed E-state index contributed by atoms with van der Waals surface area (Å²) in [6.07, 6.45) is 0.248. The third-order valence-corrected chi connectivity index (χ3v) is 8.27. The molecule has 2 aliphatic heterocycles. The minimum atomic E-state index is -3.93. The summed E-state index contributed by atoms with van der Waals surface area (Å²) in [5, 5.41) is 5.27. The fourth-order valence-electron chi connectivity index (χ4n) is 3.96. The number of hydrogen-bond acceptors (Lipinski definition) is 5. The van der Waals surface area contributed by atoms with E-state index in [4.69, 9.17) is 4.74 Å². The predicted molar refractivity (Wildman–Crippen MR) is 124 cm³/mol. The van der Waals surface area contributed by atoms with Crippen molar-refractivity contribution in [3.05, 3.63) is 46.2 Å². The molecule has 0 aromatic heterocycles. The van der Waals surface area contributed by atoms with Gasteiger partial charge in [-0.2, -0.15) is 4.31 Å². The van der Waals surface area contributed by atoms with E-state index in [0.29, 0.717) is 28.6 Å². The summed E-state index contributed by atoms with van der Waals surface area (Å²) in [6.45, 7) is 3.47. The number of anilines is 2. The largest absolute Gasteiger partial charge is 0.479 e. The summed E-state index contributed by atoms with van der Waals surface area (Å²) in [6, 6.07) is 7.29. The van der Waals surface area contributed by atoms with Gasteiger partial charge in [-0.15, -0.1) is 0 Å². The molecule has 176 valence electrons. The van der Waals surface area contributed by atoms with Gasteiger partial charge in [0.15, 0.2) is 6.10 Å². The van der Waals surface area contributed by atoms with Crippen molar-refractivity contribution in [1.29, 1.82) is 0 Å². The predicted octanol–water partition coefficient (Wildman–Crippen LogP) is 3.66. The van der Waals surface area contributed by atoms with Gasteiger partial charge in [0.25, 0.3) is 5.91 Å². The number of carbonyl (C=O) groups is 2. The van der Waals surface area contributed by atoms with Crippen molar-refractivity contribution >= 4 is 49.1 Å². The van der Waals surface area contributed by atoms with Gasteiger partial charge in [0.1, 0.15) is 11.6 Å². The van der Waals surface area contributed by atoms with Gasteiger partial charge in [-0.05, 0) is 56.5 Å². The van der Waals surface area contributed by atoms with Crippen LogP contribution in [0.15, 0.2) is 39.7 Å². The van der Waals surface area contributed by atoms with E-state index in [1.807, 2.05) is 0 Å². The van der Waals surface area contributed by atoms with Crippen LogP contribution in [-0.4, -0.2) is 43.7 Å². The fraction of sp³-hybridized carbons (Fsp3) is 0.364. The molecule has 2 unspecified atom stereocenters. The van der Waals surface area contributed by atoms with Crippen LogP contribution in [0.5, 0.6) is 5.75 Å². The van der Waals surface area contributed by atoms with Gasteiger partial charge in [0, 0.05) is 23.6 Å². The van der Waals surface area contributed by atoms with Crippen LogP contribution in [0.2, 0.25) is 0 Å². The molecule has 11 heteroatoms. The summed E-state index contributed by atoms with van der Waals surface area (Å²) in [5.41, 5.74) is 0.916. The van der Waals surface area contributed by atoms with E-state index in [1.165, 1.54) is 22.5 Å². The Kier molecular flexibility index (Phi) is 6.47. The Balaban J connectivity index is 1.54. The van der Waals surface area contributed by atoms with Crippen LogP contribution in [0.1, 0.15) is 25.3 Å². The summed E-state index contributed by atoms with van der Waals surface area (Å²) in [4.78, 5) is 24.7. The average molecular weight is 540 g/mol. The zero-order valence-corrected chi connectivity index (χ0v) is 20.4. The molecule has 0 saturated carbocycles. The molecular formula is C22H23BrFN3O5S. The minimum Gasteiger partial charge on any atom is -0.479 e. The van der Waals surface area contributed by atoms with E-state index < -0.39 is 33.8 Å². The van der Waals surface area contributed by atoms with Crippen molar-refractivity contribution in [1.82, 2.24) is 4.31 Å². The number of halogens is 2. The molecule has 2 heterocycles. The molecule has 2 atom stereocenters. The number of rotatable bonds is 4. The first-order chi connectivity index (χ1) is 15.6. The zero-order chi connectivity index (χ0) is 23.9. The molecule has 0 bridgehead atoms. The van der Waals surface area contributed by atoms with Crippen LogP contribution in [0.25, 0.3) is 0 Å². The third kappa shape index (κ3) is 4.75. The number of fused-ring (bicyclic) bond motifs is 1. The Morgan fingerprint density at radius 2 is 2.06 bits per heavy atom. The van der Waals surface area contributed by atoms with Gasteiger partial charge in [0.05, 0.1) is 22.2 Å². The monoisotopic (exact) mass is 539 g/mol. The third-order valence-electron chi connectivity index (χ3n) is 5.77. The van der Waals surface area contributed by atoms with Gasteiger partial charge in [-0.3, -0.25) is 9.59 Å². The number of aryl methyl sites for hydroxylation is 1. The number of piperidine rings is 1. The molecule has 4 rings (SSSR count). The first kappa shape index (κ1) is 23.7. The SMILES string of the molecule is Cc1cc2c(cc1S(=O)(=O)N1CCCC(C(=O)Nc3ccc(Br)cc3F)C1)OC(C)C(=O)N2. The summed E-state index contributed by atoms with van der Waals surface area (Å²) in [5.74, 6) is -1.65. The highest BCUT2D eigenvalue weighted by Gasteiger charge is 2.35. The fourth-order valence-corrected chi connectivity index (χ4v) is 6.04. The summed E-state index contributed by atoms with van der Waals surface area (Å²) < 4.78 is 48.4. The lowest BCUT2D eigenvalue weighted by atomic mass is 9.98. The number of nitrogens with zero attached hydrogens (tertiary/aromatic N) is 1. The van der Waals surface area contributed by atoms with Gasteiger partial charge >= 0.3 is 0 Å². The molecule has 2 aromatic carbocycles. The summed E-state index contributed by atoms with van der Waals surface area (Å²) in [7, 11) is -3.93. The number of ether oxygens (including phenoxy) is 1. The number of amides is 2. The van der Waals surface area contributed by atoms with Crippen LogP contribution in [0.3, 0.4) is 0 Å². The van der Waals surface area contributed by atoms with Crippen molar-refractivity contribution in [2.24, 2.45) is 5.92 Å². The first-order valence-electron chi connectivity index (χ1n) is 10.4. The van der Waals surface area contributed by atoms with Crippen LogP contribution in [0, 0.1) is 18.7 Å². The molecule has 2 N–H and O–H groups in total. The van der Waals surface area contributed by atoms with E-state index in [9.17, 15) is 22.4 Å². The molecule has 1 saturated heterocycles. The second kappa shape index (κ2) is 9.03. The maximum absolute atomic E-state index is 14.1. The van der Waals surface area contributed by atoms with Gasteiger partial charge in [-0.1, -0.05) is 15.9 Å². The zero-order valence-electron chi connectivity index (χ0n) is 18.0. The van der Waals surface area contributed by atoms with E-state index in [2.05, 4.69) is 26.6 Å². The number of hydrogen-bond donors (Lipinski definition) is 2. The van der Waals surface area contributed by atoms with Crippen LogP contribution < -0.4 is 15.4 Å². The number of carbonyl (C=O) groups excluding carboxylic acids is 2. The summed E-state index contributed by atoms with van der Waals surface area (Å²) >= 11 is 3.17. The van der Waals surface area contributed by atoms with E-state index in [1.54, 1.807) is 26.0 Å². The molecule has 2 aromatic rings. The smallest absolute Gasteiger partial charge is 0.265 e. The van der Waals surface area contributed by atoms with Gasteiger partial charge in [-0.25, -0.2) is 12.8 Å². The van der Waals surface area contributed by atoms with Crippen LogP contribution in [-0.2, 0) is 19.6 Å². The topological polar surface area (TPSA) is 105 Å². The Bertz CT molecular complexity index is 1240. The van der Waals surface area contributed by atoms with E-state index in [0.717, 1.165) is 0 Å². The minimum absolute atomic E-state index is 0.0170. The number of benzene rings is 2. The molecule has 0 radical (unpaired) electrons. The van der Waals surface area contributed by atoms with E-state index in [-0.39, 0.29) is 35.3 Å². The number of sulfonamides is 1. The molecule has 8 nitrogen and oxygen atoms in total. The molecule has 0 spiro atoms. The number of nitrogens with one attached hydrogen (secondary N) is 2. The molecular weight excluding hydrogens is 517 g/mol. The van der Waals surface area contributed by atoms with Gasteiger partial charge in [0.2, 0.25) is 15.9 Å². The van der Waals surface area contributed by atoms with Gasteiger partial charge < -0.3 is 15.4 Å². The van der Waals surface area contributed by atoms with Crippen LogP contribution in [0.4, 0.5) is 15.8 Å².